The van der Waals surface area contributed by atoms with Gasteiger partial charge in [0.25, 0.3) is 5.92 Å². The molecule has 0 bridgehead atoms. The van der Waals surface area contributed by atoms with E-state index in [2.05, 4.69) is 9.71 Å². The summed E-state index contributed by atoms with van der Waals surface area (Å²) in [5, 5.41) is 0.231. The fourth-order valence-electron chi connectivity index (χ4n) is 8.50. The predicted octanol–water partition coefficient (Wildman–Crippen LogP) is 7.08. The number of aromatic nitrogens is 1. The Balaban J connectivity index is 1.37. The summed E-state index contributed by atoms with van der Waals surface area (Å²) < 4.78 is 89.3. The number of halogens is 3. The molecule has 3 heterocycles. The molecule has 1 aromatic heterocycles. The van der Waals surface area contributed by atoms with Gasteiger partial charge in [0.1, 0.15) is 6.10 Å². The van der Waals surface area contributed by atoms with Gasteiger partial charge in [-0.3, -0.25) is 23.9 Å². The van der Waals surface area contributed by atoms with Gasteiger partial charge < -0.3 is 19.1 Å². The van der Waals surface area contributed by atoms with E-state index in [1.165, 1.54) is 23.2 Å². The van der Waals surface area contributed by atoms with Crippen LogP contribution in [0, 0.1) is 34.9 Å². The van der Waals surface area contributed by atoms with E-state index >= 15 is 9.18 Å². The Morgan fingerprint density at radius 3 is 2.47 bits per heavy atom. The van der Waals surface area contributed by atoms with Crippen LogP contribution in [-0.4, -0.2) is 83.9 Å². The van der Waals surface area contributed by atoms with Crippen molar-refractivity contribution in [2.24, 2.45) is 29.1 Å². The molecule has 324 valence electrons. The van der Waals surface area contributed by atoms with E-state index in [-0.39, 0.29) is 50.0 Å². The third kappa shape index (κ3) is 9.73. The number of amides is 2. The first-order valence-corrected chi connectivity index (χ1v) is 22.3. The first-order valence-electron chi connectivity index (χ1n) is 20.7. The van der Waals surface area contributed by atoms with Gasteiger partial charge in [-0.05, 0) is 101 Å². The maximum Gasteiger partial charge on any atom is 0.307 e. The van der Waals surface area contributed by atoms with E-state index in [1.54, 1.807) is 13.0 Å². The van der Waals surface area contributed by atoms with Crippen LogP contribution < -0.4 is 14.2 Å². The van der Waals surface area contributed by atoms with E-state index in [1.807, 2.05) is 26.0 Å². The minimum Gasteiger partial charge on any atom is -0.491 e. The van der Waals surface area contributed by atoms with Gasteiger partial charge in [0.2, 0.25) is 27.7 Å². The molecule has 2 saturated carbocycles. The molecule has 1 saturated heterocycles. The highest BCUT2D eigenvalue weighted by molar-refractivity contribution is 7.90. The Labute approximate surface area is 344 Å². The number of benzene rings is 1. The molecule has 7 atom stereocenters. The number of Topliss-reactive ketones (excluding diaryl/α,β-unsaturated/α-hetero) is 1. The molecule has 16 heteroatoms. The average molecular weight is 848 g/mol. The second-order valence-electron chi connectivity index (χ2n) is 17.5. The fourth-order valence-corrected chi connectivity index (χ4v) is 9.89. The fraction of sp³-hybridized carbons (Fsp3) is 0.651. The predicted molar refractivity (Wildman–Crippen MR) is 212 cm³/mol. The summed E-state index contributed by atoms with van der Waals surface area (Å²) >= 11 is 0. The molecule has 0 radical (unpaired) electrons. The van der Waals surface area contributed by atoms with Crippen molar-refractivity contribution in [3.8, 4) is 11.6 Å². The Kier molecular flexibility index (Phi) is 12.8. The van der Waals surface area contributed by atoms with E-state index in [0.29, 0.717) is 56.2 Å². The van der Waals surface area contributed by atoms with Crippen molar-refractivity contribution < 1.29 is 55.0 Å². The number of hydrogen-bond donors (Lipinski definition) is 1. The molecular formula is C43H56F3N3O9S. The SMILES string of the molecule is CCOc1cc2ccnc(O[C@@H]3C[C@H]4C(=O)C[C@]5(C(=O)NS(=O)(=O)C6CC6)C[C@H]5/C=C\CC[C@H](C)C[C@@H](CC)[C@H](CC(=O)OC(C)(C)C(C)(F)F)C(=O)N4C3)c2cc1F. The van der Waals surface area contributed by atoms with Crippen molar-refractivity contribution in [1.82, 2.24) is 14.6 Å². The van der Waals surface area contributed by atoms with Gasteiger partial charge in [0, 0.05) is 31.3 Å². The van der Waals surface area contributed by atoms with Crippen molar-refractivity contribution in [2.75, 3.05) is 13.2 Å². The number of pyridine rings is 1. The third-order valence-electron chi connectivity index (χ3n) is 12.7. The summed E-state index contributed by atoms with van der Waals surface area (Å²) in [7, 11) is -3.94. The van der Waals surface area contributed by atoms with Gasteiger partial charge in [-0.25, -0.2) is 26.6 Å². The molecule has 4 aliphatic rings. The Bertz CT molecular complexity index is 2090. The highest BCUT2D eigenvalue weighted by atomic mass is 32.2. The van der Waals surface area contributed by atoms with Crippen LogP contribution in [0.15, 0.2) is 36.5 Å². The van der Waals surface area contributed by atoms with Crippen LogP contribution in [0.3, 0.4) is 0 Å². The molecule has 59 heavy (non-hydrogen) atoms. The Hall–Kier alpha value is -4.21. The number of nitrogens with zero attached hydrogens (tertiary/aromatic N) is 2. The van der Waals surface area contributed by atoms with Crippen LogP contribution >= 0.6 is 0 Å². The number of allylic oxidation sites excluding steroid dienone is 2. The standard InChI is InChI=1S/C43H56F3N3O9S/c1-7-26-17-25(3)11-9-10-12-28-22-43(28,40(53)48-59(54,55)30-13-14-30)23-35(50)34-19-29(57-38-31-20-33(44)36(56-8-2)18-27(31)15-16-47-38)24-49(34)39(52)32(26)21-37(51)58-41(4,5)42(6,45)46/h10,12,15-16,18,20,25-26,28-30,32,34H,7-9,11,13-14,17,19,21-24H2,1-6H3,(H,48,53)/b12-10-/t25-,26+,28+,29+,32-,34-,43+/m0/s1. The van der Waals surface area contributed by atoms with E-state index < -0.39 is 97.9 Å². The summed E-state index contributed by atoms with van der Waals surface area (Å²) in [6.45, 7) is 8.59. The Morgan fingerprint density at radius 2 is 1.81 bits per heavy atom. The van der Waals surface area contributed by atoms with Crippen LogP contribution in [0.1, 0.15) is 106 Å². The lowest BCUT2D eigenvalue weighted by Gasteiger charge is -2.35. The molecule has 1 aromatic carbocycles. The third-order valence-corrected chi connectivity index (χ3v) is 14.5. The summed E-state index contributed by atoms with van der Waals surface area (Å²) in [4.78, 5) is 62.8. The smallest absolute Gasteiger partial charge is 0.307 e. The quantitative estimate of drug-likeness (QED) is 0.173. The lowest BCUT2D eigenvalue weighted by Crippen LogP contribution is -2.48. The number of ether oxygens (including phenoxy) is 3. The number of hydrogen-bond acceptors (Lipinski definition) is 10. The monoisotopic (exact) mass is 847 g/mol. The number of carbonyl (C=O) groups is 4. The molecule has 2 amide bonds. The highest BCUT2D eigenvalue weighted by Crippen LogP contribution is 2.57. The van der Waals surface area contributed by atoms with Gasteiger partial charge in [-0.15, -0.1) is 0 Å². The van der Waals surface area contributed by atoms with Gasteiger partial charge in [0.15, 0.2) is 23.0 Å². The number of nitrogens with one attached hydrogen (secondary N) is 1. The topological polar surface area (TPSA) is 158 Å². The zero-order valence-electron chi connectivity index (χ0n) is 34.6. The normalized spacial score (nSPS) is 28.8. The molecule has 0 spiro atoms. The molecule has 2 aliphatic carbocycles. The van der Waals surface area contributed by atoms with Crippen molar-refractivity contribution in [3.05, 3.63) is 42.4 Å². The molecule has 6 rings (SSSR count). The summed E-state index contributed by atoms with van der Waals surface area (Å²) in [5.74, 6) is -8.57. The van der Waals surface area contributed by atoms with E-state index in [9.17, 15) is 31.6 Å². The first-order chi connectivity index (χ1) is 27.7. The maximum atomic E-state index is 15.1. The van der Waals surface area contributed by atoms with Gasteiger partial charge in [0.05, 0.1) is 42.2 Å². The summed E-state index contributed by atoms with van der Waals surface area (Å²) in [5.41, 5.74) is -3.54. The number of alkyl halides is 2. The van der Waals surface area contributed by atoms with Crippen molar-refractivity contribution in [3.63, 3.8) is 0 Å². The molecule has 2 aromatic rings. The first kappa shape index (κ1) is 44.3. The van der Waals surface area contributed by atoms with Crippen LogP contribution in [0.5, 0.6) is 11.6 Å². The minimum absolute atomic E-state index is 0.0478. The van der Waals surface area contributed by atoms with Crippen LogP contribution in [0.25, 0.3) is 10.8 Å². The number of rotatable bonds is 12. The Morgan fingerprint density at radius 1 is 1.08 bits per heavy atom. The van der Waals surface area contributed by atoms with Crippen molar-refractivity contribution >= 4 is 44.4 Å². The van der Waals surface area contributed by atoms with Gasteiger partial charge in [-0.2, -0.15) is 0 Å². The molecular weight excluding hydrogens is 792 g/mol. The van der Waals surface area contributed by atoms with Gasteiger partial charge in [-0.1, -0.05) is 32.4 Å². The van der Waals surface area contributed by atoms with E-state index in [0.717, 1.165) is 13.8 Å². The number of carbonyl (C=O) groups excluding carboxylic acids is 4. The minimum atomic E-state index is -3.94. The second kappa shape index (κ2) is 17.0. The van der Waals surface area contributed by atoms with E-state index in [4.69, 9.17) is 14.2 Å². The molecule has 12 nitrogen and oxygen atoms in total. The van der Waals surface area contributed by atoms with Crippen LogP contribution in [0.4, 0.5) is 13.2 Å². The van der Waals surface area contributed by atoms with Gasteiger partial charge >= 0.3 is 5.97 Å². The molecule has 3 fully saturated rings. The largest absolute Gasteiger partial charge is 0.491 e. The molecule has 1 N–H and O–H groups in total. The summed E-state index contributed by atoms with van der Waals surface area (Å²) in [6, 6.07) is 3.25. The second-order valence-corrected chi connectivity index (χ2v) is 19.5. The molecule has 0 unspecified atom stereocenters. The highest BCUT2D eigenvalue weighted by Gasteiger charge is 2.62. The van der Waals surface area contributed by atoms with Crippen LogP contribution in [0.2, 0.25) is 0 Å². The van der Waals surface area contributed by atoms with Crippen molar-refractivity contribution in [1.29, 1.82) is 0 Å². The summed E-state index contributed by atoms with van der Waals surface area (Å²) in [6.07, 6.45) is 6.87. The number of ketones is 1. The zero-order chi connectivity index (χ0) is 43.1. The zero-order valence-corrected chi connectivity index (χ0v) is 35.4. The number of sulfonamides is 1. The number of esters is 1. The van der Waals surface area contributed by atoms with Crippen molar-refractivity contribution in [2.45, 2.75) is 135 Å². The lowest BCUT2D eigenvalue weighted by atomic mass is 9.79. The van der Waals surface area contributed by atoms with Crippen LogP contribution in [-0.2, 0) is 33.9 Å². The number of fused-ring (bicyclic) bond motifs is 3. The lowest BCUT2D eigenvalue weighted by molar-refractivity contribution is -0.197. The average Bonchev–Trinajstić information content (AvgIpc) is 4.08. The maximum absolute atomic E-state index is 15.1. The molecule has 2 aliphatic heterocycles.